The number of carboxylic acids is 1. The van der Waals surface area contributed by atoms with E-state index in [1.54, 1.807) is 19.1 Å². The number of carboxylic acid groups (broad SMARTS) is 1. The highest BCUT2D eigenvalue weighted by atomic mass is 32.2. The first-order valence-electron chi connectivity index (χ1n) is 13.4. The summed E-state index contributed by atoms with van der Waals surface area (Å²) in [6, 6.07) is 19.3. The number of aryl methyl sites for hydroxylation is 2. The summed E-state index contributed by atoms with van der Waals surface area (Å²) in [5.41, 5.74) is 5.40. The number of carbonyl (C=O) groups is 2. The van der Waals surface area contributed by atoms with Gasteiger partial charge in [0.15, 0.2) is 6.04 Å². The first kappa shape index (κ1) is 30.8. The molecule has 45 heavy (non-hydrogen) atoms. The number of aromatic carboxylic acids is 1. The molecule has 0 aliphatic carbocycles. The zero-order valence-electron chi connectivity index (χ0n) is 24.1. The fourth-order valence-corrected chi connectivity index (χ4v) is 5.00. The molecular formula is C31H26N6O7S. The Balaban J connectivity index is 1.29. The second-order valence-electron chi connectivity index (χ2n) is 10.2. The number of azo groups is 2. The van der Waals surface area contributed by atoms with E-state index in [0.29, 0.717) is 22.8 Å². The summed E-state index contributed by atoms with van der Waals surface area (Å²) in [6.07, 6.45) is 0. The van der Waals surface area contributed by atoms with E-state index in [2.05, 4.69) is 25.6 Å². The number of phenols is 1. The lowest BCUT2D eigenvalue weighted by molar-refractivity contribution is -0.117. The Labute approximate surface area is 257 Å². The van der Waals surface area contributed by atoms with Gasteiger partial charge in [-0.1, -0.05) is 12.1 Å². The molecule has 0 fully saturated rings. The molecule has 4 aromatic rings. The summed E-state index contributed by atoms with van der Waals surface area (Å²) >= 11 is 0. The van der Waals surface area contributed by atoms with Crippen LogP contribution in [0.5, 0.6) is 5.75 Å². The average molecular weight is 627 g/mol. The second-order valence-corrected chi connectivity index (χ2v) is 11.6. The standard InChI is InChI=1S/C31H26N6O7S/c1-17-14-20(4-11-26(17)33-32-22-6-13-28(38)25(16-22)31(40)41)21-5-12-27(18(2)15-21)34-35-29-19(3)36-37(30(29)39)23-7-9-24(10-8-23)45(42,43)44/h4-16,29,38H,1-3H3,(H,40,41)(H,42,43,44)/t29-/m0/s1. The zero-order valence-corrected chi connectivity index (χ0v) is 25.0. The van der Waals surface area contributed by atoms with Crippen LogP contribution < -0.4 is 5.01 Å². The van der Waals surface area contributed by atoms with Crippen LogP contribution in [0.2, 0.25) is 0 Å². The fraction of sp³-hybridized carbons (Fsp3) is 0.129. The van der Waals surface area contributed by atoms with Gasteiger partial charge in [0.1, 0.15) is 11.3 Å². The van der Waals surface area contributed by atoms with Crippen LogP contribution in [0, 0.1) is 13.8 Å². The number of nitrogens with zero attached hydrogens (tertiary/aromatic N) is 6. The Kier molecular flexibility index (Phi) is 8.35. The third-order valence-corrected chi connectivity index (χ3v) is 7.83. The number of carbonyl (C=O) groups excluding carboxylic acids is 1. The largest absolute Gasteiger partial charge is 0.507 e. The number of rotatable bonds is 8. The van der Waals surface area contributed by atoms with Gasteiger partial charge >= 0.3 is 5.97 Å². The summed E-state index contributed by atoms with van der Waals surface area (Å²) in [5, 5.41) is 41.1. The Morgan fingerprint density at radius 3 is 1.98 bits per heavy atom. The topological polar surface area (TPSA) is 194 Å². The molecule has 14 heteroatoms. The van der Waals surface area contributed by atoms with Crippen LogP contribution in [-0.4, -0.2) is 46.8 Å². The van der Waals surface area contributed by atoms with Crippen molar-refractivity contribution < 1.29 is 32.8 Å². The van der Waals surface area contributed by atoms with Gasteiger partial charge in [-0.3, -0.25) is 9.35 Å². The number of aromatic hydroxyl groups is 1. The van der Waals surface area contributed by atoms with Gasteiger partial charge in [0.05, 0.1) is 33.4 Å². The summed E-state index contributed by atoms with van der Waals surface area (Å²) in [4.78, 5) is 24.0. The van der Waals surface area contributed by atoms with E-state index in [4.69, 9.17) is 0 Å². The van der Waals surface area contributed by atoms with E-state index in [1.165, 1.54) is 42.5 Å². The average Bonchev–Trinajstić information content (AvgIpc) is 3.28. The predicted molar refractivity (Wildman–Crippen MR) is 166 cm³/mol. The molecule has 0 spiro atoms. The van der Waals surface area contributed by atoms with Crippen LogP contribution in [0.4, 0.5) is 22.7 Å². The van der Waals surface area contributed by atoms with E-state index < -0.39 is 28.0 Å². The molecule has 5 rings (SSSR count). The van der Waals surface area contributed by atoms with Crippen molar-refractivity contribution in [3.63, 3.8) is 0 Å². The number of anilines is 1. The molecule has 0 aromatic heterocycles. The lowest BCUT2D eigenvalue weighted by atomic mass is 10.0. The molecule has 228 valence electrons. The van der Waals surface area contributed by atoms with E-state index in [-0.39, 0.29) is 21.9 Å². The van der Waals surface area contributed by atoms with Gasteiger partial charge in [0, 0.05) is 0 Å². The maximum Gasteiger partial charge on any atom is 0.339 e. The fourth-order valence-electron chi connectivity index (χ4n) is 4.52. The molecule has 0 saturated carbocycles. The maximum absolute atomic E-state index is 13.0. The molecule has 1 atom stereocenters. The third kappa shape index (κ3) is 6.66. The van der Waals surface area contributed by atoms with Crippen LogP contribution in [0.25, 0.3) is 11.1 Å². The summed E-state index contributed by atoms with van der Waals surface area (Å²) < 4.78 is 31.8. The van der Waals surface area contributed by atoms with Crippen molar-refractivity contribution in [2.24, 2.45) is 25.6 Å². The van der Waals surface area contributed by atoms with Gasteiger partial charge in [0.2, 0.25) is 0 Å². The molecule has 1 aliphatic heterocycles. The van der Waals surface area contributed by atoms with E-state index in [0.717, 1.165) is 27.3 Å². The number of amides is 1. The Hall–Kier alpha value is -5.60. The van der Waals surface area contributed by atoms with Crippen LogP contribution in [0.15, 0.2) is 109 Å². The molecule has 0 radical (unpaired) electrons. The smallest absolute Gasteiger partial charge is 0.339 e. The second kappa shape index (κ2) is 12.2. The molecule has 4 aromatic carbocycles. The molecule has 0 saturated heterocycles. The van der Waals surface area contributed by atoms with Crippen molar-refractivity contribution >= 4 is 50.5 Å². The van der Waals surface area contributed by atoms with Crippen molar-refractivity contribution in [3.8, 4) is 16.9 Å². The SMILES string of the molecule is CC1=NN(c2ccc(S(=O)(=O)O)cc2)C(=O)[C@H]1N=Nc1ccc(-c2ccc(N=Nc3ccc(O)c(C(=O)O)c3)c(C)c2)cc1C. The van der Waals surface area contributed by atoms with Crippen molar-refractivity contribution in [2.45, 2.75) is 31.7 Å². The molecule has 13 nitrogen and oxygen atoms in total. The van der Waals surface area contributed by atoms with E-state index >= 15 is 0 Å². The number of benzene rings is 4. The van der Waals surface area contributed by atoms with Gasteiger partial charge in [-0.25, -0.2) is 4.79 Å². The van der Waals surface area contributed by atoms with Gasteiger partial charge in [0.25, 0.3) is 16.0 Å². The Bertz CT molecular complexity index is 2040. The number of hydrogen-bond acceptors (Lipinski definition) is 10. The first-order chi connectivity index (χ1) is 21.3. The van der Waals surface area contributed by atoms with Gasteiger partial charge in [-0.2, -0.15) is 39.0 Å². The zero-order chi connectivity index (χ0) is 32.5. The van der Waals surface area contributed by atoms with Crippen LogP contribution >= 0.6 is 0 Å². The normalized spacial score (nSPS) is 15.3. The Morgan fingerprint density at radius 1 is 0.822 bits per heavy atom. The van der Waals surface area contributed by atoms with Crippen LogP contribution in [0.3, 0.4) is 0 Å². The highest BCUT2D eigenvalue weighted by molar-refractivity contribution is 7.85. The van der Waals surface area contributed by atoms with Crippen LogP contribution in [0.1, 0.15) is 28.4 Å². The molecular weight excluding hydrogens is 600 g/mol. The predicted octanol–water partition coefficient (Wildman–Crippen LogP) is 6.91. The highest BCUT2D eigenvalue weighted by Gasteiger charge is 2.35. The minimum Gasteiger partial charge on any atom is -0.507 e. The van der Waals surface area contributed by atoms with Crippen molar-refractivity contribution in [2.75, 3.05) is 5.01 Å². The summed E-state index contributed by atoms with van der Waals surface area (Å²) in [7, 11) is -4.37. The Morgan fingerprint density at radius 2 is 1.42 bits per heavy atom. The first-order valence-corrected chi connectivity index (χ1v) is 14.8. The van der Waals surface area contributed by atoms with Crippen molar-refractivity contribution in [1.82, 2.24) is 0 Å². The number of hydrazone groups is 1. The third-order valence-electron chi connectivity index (χ3n) is 6.97. The highest BCUT2D eigenvalue weighted by Crippen LogP contribution is 2.32. The number of hydrogen-bond donors (Lipinski definition) is 3. The molecule has 1 amide bonds. The minimum absolute atomic E-state index is 0.261. The molecule has 1 heterocycles. The van der Waals surface area contributed by atoms with Gasteiger partial charge in [-0.15, -0.1) is 0 Å². The van der Waals surface area contributed by atoms with E-state index in [1.807, 2.05) is 38.1 Å². The van der Waals surface area contributed by atoms with Crippen molar-refractivity contribution in [3.05, 3.63) is 95.6 Å². The van der Waals surface area contributed by atoms with E-state index in [9.17, 15) is 32.8 Å². The van der Waals surface area contributed by atoms with Gasteiger partial charge in [-0.05, 0) is 110 Å². The monoisotopic (exact) mass is 626 g/mol. The summed E-state index contributed by atoms with van der Waals surface area (Å²) in [6.45, 7) is 5.39. The molecule has 1 aliphatic rings. The lowest BCUT2D eigenvalue weighted by Crippen LogP contribution is -2.29. The maximum atomic E-state index is 13.0. The lowest BCUT2D eigenvalue weighted by Gasteiger charge is -2.12. The van der Waals surface area contributed by atoms with Crippen LogP contribution in [-0.2, 0) is 14.9 Å². The molecule has 3 N–H and O–H groups in total. The van der Waals surface area contributed by atoms with Gasteiger partial charge < -0.3 is 10.2 Å². The summed E-state index contributed by atoms with van der Waals surface area (Å²) in [5.74, 6) is -2.07. The minimum atomic E-state index is -4.37. The van der Waals surface area contributed by atoms with Crippen molar-refractivity contribution in [1.29, 1.82) is 0 Å². The molecule has 0 bridgehead atoms. The molecule has 0 unspecified atom stereocenters. The quantitative estimate of drug-likeness (QED) is 0.139.